The molecule has 1 aliphatic carbocycles. The van der Waals surface area contributed by atoms with E-state index in [4.69, 9.17) is 4.98 Å². The molecule has 0 aliphatic heterocycles. The molecule has 0 amide bonds. The molecule has 0 unspecified atom stereocenters. The summed E-state index contributed by atoms with van der Waals surface area (Å²) >= 11 is 1.83. The Morgan fingerprint density at radius 1 is 1.35 bits per heavy atom. The average Bonchev–Trinajstić information content (AvgIpc) is 2.94. The zero-order valence-electron chi connectivity index (χ0n) is 11.5. The Hall–Kier alpha value is -0.610. The van der Waals surface area contributed by atoms with Crippen LogP contribution in [0.1, 0.15) is 50.1 Å². The molecule has 2 rings (SSSR count). The summed E-state index contributed by atoms with van der Waals surface area (Å²) in [6, 6.07) is 0. The number of nitrogens with one attached hydrogen (secondary N) is 1. The molecule has 1 aromatic rings. The van der Waals surface area contributed by atoms with Gasteiger partial charge in [0.05, 0.1) is 5.69 Å². The number of hydrogen-bond acceptors (Lipinski definition) is 4. The minimum absolute atomic E-state index is 0.170. The van der Waals surface area contributed by atoms with E-state index in [1.165, 1.54) is 23.4 Å². The summed E-state index contributed by atoms with van der Waals surface area (Å²) in [6.45, 7) is 7.56. The summed E-state index contributed by atoms with van der Waals surface area (Å²) in [4.78, 5) is 8.31. The lowest BCUT2D eigenvalue weighted by Gasteiger charge is -2.20. The molecular weight excluding hydrogens is 230 g/mol. The molecule has 1 heterocycles. The summed E-state index contributed by atoms with van der Waals surface area (Å²) in [5.74, 6) is 0.733. The van der Waals surface area contributed by atoms with Crippen molar-refractivity contribution in [3.8, 4) is 0 Å². The van der Waals surface area contributed by atoms with E-state index in [2.05, 4.69) is 45.1 Å². The number of hydrogen-bond donors (Lipinski definition) is 1. The van der Waals surface area contributed by atoms with Crippen molar-refractivity contribution >= 4 is 16.5 Å². The topological polar surface area (TPSA) is 28.2 Å². The lowest BCUT2D eigenvalue weighted by atomic mass is 10.1. The first-order valence-corrected chi connectivity index (χ1v) is 7.10. The van der Waals surface area contributed by atoms with E-state index in [9.17, 15) is 0 Å². The highest BCUT2D eigenvalue weighted by Gasteiger charge is 2.30. The van der Waals surface area contributed by atoms with Gasteiger partial charge in [0, 0.05) is 37.0 Å². The van der Waals surface area contributed by atoms with Crippen LogP contribution < -0.4 is 10.2 Å². The smallest absolute Gasteiger partial charge is 0.185 e. The Bertz CT molecular complexity index is 386. The Kier molecular flexibility index (Phi) is 3.46. The van der Waals surface area contributed by atoms with E-state index < -0.39 is 0 Å². The third kappa shape index (κ3) is 3.42. The van der Waals surface area contributed by atoms with Crippen LogP contribution in [0.2, 0.25) is 0 Å². The molecule has 0 aromatic carbocycles. The van der Waals surface area contributed by atoms with Crippen LogP contribution in [-0.2, 0) is 6.54 Å². The first-order valence-electron chi connectivity index (χ1n) is 6.29. The number of nitrogens with zero attached hydrogens (tertiary/aromatic N) is 2. The second-order valence-electron chi connectivity index (χ2n) is 6.08. The van der Waals surface area contributed by atoms with Gasteiger partial charge in [-0.2, -0.15) is 0 Å². The van der Waals surface area contributed by atoms with Gasteiger partial charge in [0.15, 0.2) is 5.13 Å². The quantitative estimate of drug-likeness (QED) is 0.894. The molecule has 1 aromatic heterocycles. The maximum Gasteiger partial charge on any atom is 0.185 e. The van der Waals surface area contributed by atoms with Crippen LogP contribution in [0.15, 0.2) is 0 Å². The third-order valence-electron chi connectivity index (χ3n) is 2.84. The Morgan fingerprint density at radius 3 is 2.47 bits per heavy atom. The van der Waals surface area contributed by atoms with Crippen LogP contribution in [0.25, 0.3) is 0 Å². The molecule has 4 heteroatoms. The molecule has 0 spiro atoms. The van der Waals surface area contributed by atoms with E-state index >= 15 is 0 Å². The summed E-state index contributed by atoms with van der Waals surface area (Å²) in [5, 5.41) is 4.70. The highest BCUT2D eigenvalue weighted by atomic mass is 32.1. The van der Waals surface area contributed by atoms with Gasteiger partial charge in [-0.25, -0.2) is 4.98 Å². The Labute approximate surface area is 108 Å². The van der Waals surface area contributed by atoms with Crippen molar-refractivity contribution in [3.05, 3.63) is 10.6 Å². The largest absolute Gasteiger partial charge is 0.354 e. The number of thiazole rings is 1. The molecular formula is C13H23N3S. The van der Waals surface area contributed by atoms with Gasteiger partial charge in [-0.15, -0.1) is 11.3 Å². The standard InChI is InChI=1S/C13H23N3S/c1-13(2,3)14-8-10-11(9-6-7-9)15-12(17-10)16(4)5/h9,14H,6-8H2,1-5H3. The molecule has 1 aliphatic rings. The zero-order chi connectivity index (χ0) is 12.6. The Balaban J connectivity index is 2.13. The summed E-state index contributed by atoms with van der Waals surface area (Å²) < 4.78 is 0. The first-order chi connectivity index (χ1) is 7.87. The zero-order valence-corrected chi connectivity index (χ0v) is 12.3. The molecule has 1 saturated carbocycles. The fourth-order valence-electron chi connectivity index (χ4n) is 1.69. The van der Waals surface area contributed by atoms with Gasteiger partial charge in [-0.3, -0.25) is 0 Å². The van der Waals surface area contributed by atoms with Gasteiger partial charge in [-0.1, -0.05) is 0 Å². The first kappa shape index (κ1) is 12.8. The molecule has 17 heavy (non-hydrogen) atoms. The predicted octanol–water partition coefficient (Wildman–Crippen LogP) is 2.97. The highest BCUT2D eigenvalue weighted by Crippen LogP contribution is 2.44. The van der Waals surface area contributed by atoms with Crippen LogP contribution in [-0.4, -0.2) is 24.6 Å². The van der Waals surface area contributed by atoms with Gasteiger partial charge in [-0.05, 0) is 33.6 Å². The van der Waals surface area contributed by atoms with Gasteiger partial charge in [0.2, 0.25) is 0 Å². The second-order valence-corrected chi connectivity index (χ2v) is 7.14. The minimum atomic E-state index is 0.170. The van der Waals surface area contributed by atoms with Crippen LogP contribution in [0.4, 0.5) is 5.13 Å². The lowest BCUT2D eigenvalue weighted by Crippen LogP contribution is -2.35. The van der Waals surface area contributed by atoms with E-state index in [0.29, 0.717) is 0 Å². The minimum Gasteiger partial charge on any atom is -0.354 e. The maximum absolute atomic E-state index is 4.78. The van der Waals surface area contributed by atoms with Gasteiger partial charge < -0.3 is 10.2 Å². The summed E-state index contributed by atoms with van der Waals surface area (Å²) in [6.07, 6.45) is 2.64. The van der Waals surface area contributed by atoms with E-state index in [0.717, 1.165) is 17.6 Å². The second kappa shape index (κ2) is 4.58. The molecule has 0 saturated heterocycles. The van der Waals surface area contributed by atoms with Crippen molar-refractivity contribution < 1.29 is 0 Å². The number of rotatable bonds is 4. The molecule has 96 valence electrons. The number of anilines is 1. The Morgan fingerprint density at radius 2 is 2.00 bits per heavy atom. The predicted molar refractivity (Wildman–Crippen MR) is 75.0 cm³/mol. The van der Waals surface area contributed by atoms with Gasteiger partial charge in [0.1, 0.15) is 0 Å². The molecule has 0 atom stereocenters. The monoisotopic (exact) mass is 253 g/mol. The molecule has 1 fully saturated rings. The summed E-state index contributed by atoms with van der Waals surface area (Å²) in [7, 11) is 4.13. The lowest BCUT2D eigenvalue weighted by molar-refractivity contribution is 0.425. The van der Waals surface area contributed by atoms with Gasteiger partial charge >= 0.3 is 0 Å². The molecule has 3 nitrogen and oxygen atoms in total. The van der Waals surface area contributed by atoms with E-state index in [-0.39, 0.29) is 5.54 Å². The maximum atomic E-state index is 4.78. The normalized spacial score (nSPS) is 16.3. The molecule has 0 radical (unpaired) electrons. The van der Waals surface area contributed by atoms with Gasteiger partial charge in [0.25, 0.3) is 0 Å². The van der Waals surface area contributed by atoms with Crippen molar-refractivity contribution in [3.63, 3.8) is 0 Å². The average molecular weight is 253 g/mol. The molecule has 0 bridgehead atoms. The van der Waals surface area contributed by atoms with Crippen molar-refractivity contribution in [1.82, 2.24) is 10.3 Å². The number of aromatic nitrogens is 1. The fraction of sp³-hybridized carbons (Fsp3) is 0.769. The van der Waals surface area contributed by atoms with Crippen molar-refractivity contribution in [1.29, 1.82) is 0 Å². The van der Waals surface area contributed by atoms with Crippen LogP contribution in [0.3, 0.4) is 0 Å². The van der Waals surface area contributed by atoms with E-state index in [1.54, 1.807) is 0 Å². The summed E-state index contributed by atoms with van der Waals surface area (Å²) in [5.41, 5.74) is 1.51. The van der Waals surface area contributed by atoms with E-state index in [1.807, 2.05) is 11.3 Å². The SMILES string of the molecule is CN(C)c1nc(C2CC2)c(CNC(C)(C)C)s1. The fourth-order valence-corrected chi connectivity index (χ4v) is 2.70. The van der Waals surface area contributed by atoms with Crippen LogP contribution >= 0.6 is 11.3 Å². The third-order valence-corrected chi connectivity index (χ3v) is 4.08. The van der Waals surface area contributed by atoms with Crippen LogP contribution in [0, 0.1) is 0 Å². The van der Waals surface area contributed by atoms with Crippen LogP contribution in [0.5, 0.6) is 0 Å². The van der Waals surface area contributed by atoms with Crippen molar-refractivity contribution in [2.45, 2.75) is 51.6 Å². The van der Waals surface area contributed by atoms with Crippen molar-refractivity contribution in [2.75, 3.05) is 19.0 Å². The molecule has 1 N–H and O–H groups in total. The van der Waals surface area contributed by atoms with Crippen molar-refractivity contribution in [2.24, 2.45) is 0 Å². The highest BCUT2D eigenvalue weighted by molar-refractivity contribution is 7.15.